The van der Waals surface area contributed by atoms with Crippen LogP contribution in [0.1, 0.15) is 5.56 Å². The van der Waals surface area contributed by atoms with Crippen LogP contribution in [0.4, 0.5) is 17.3 Å². The zero-order valence-electron chi connectivity index (χ0n) is 15.4. The molecule has 29 heavy (non-hydrogen) atoms. The van der Waals surface area contributed by atoms with Gasteiger partial charge in [-0.15, -0.1) is 0 Å². The van der Waals surface area contributed by atoms with Gasteiger partial charge in [0.05, 0.1) is 15.9 Å². The molecule has 0 bridgehead atoms. The molecule has 1 aromatic heterocycles. The van der Waals surface area contributed by atoms with Crippen molar-refractivity contribution in [1.29, 1.82) is 0 Å². The summed E-state index contributed by atoms with van der Waals surface area (Å²) in [6.07, 6.45) is 0. The predicted octanol–water partition coefficient (Wildman–Crippen LogP) is 5.14. The number of aromatic nitrogens is 2. The third-order valence-electron chi connectivity index (χ3n) is 4.30. The van der Waals surface area contributed by atoms with Gasteiger partial charge in [0, 0.05) is 10.7 Å². The molecule has 3 aromatic carbocycles. The van der Waals surface area contributed by atoms with Gasteiger partial charge in [-0.2, -0.15) is 0 Å². The molecule has 0 unspecified atom stereocenters. The lowest BCUT2D eigenvalue weighted by atomic mass is 10.2. The molecule has 0 fully saturated rings. The molecule has 0 saturated carbocycles. The maximum atomic E-state index is 12.8. The maximum absolute atomic E-state index is 12.8. The van der Waals surface area contributed by atoms with Crippen LogP contribution >= 0.6 is 11.6 Å². The fourth-order valence-corrected chi connectivity index (χ4v) is 4.10. The van der Waals surface area contributed by atoms with Crippen LogP contribution in [-0.2, 0) is 10.0 Å². The van der Waals surface area contributed by atoms with E-state index in [1.54, 1.807) is 30.3 Å². The molecule has 0 aliphatic rings. The Kier molecular flexibility index (Phi) is 5.08. The zero-order valence-corrected chi connectivity index (χ0v) is 17.0. The summed E-state index contributed by atoms with van der Waals surface area (Å²) < 4.78 is 28.2. The van der Waals surface area contributed by atoms with Gasteiger partial charge in [0.1, 0.15) is 0 Å². The van der Waals surface area contributed by atoms with Gasteiger partial charge in [-0.1, -0.05) is 41.9 Å². The Hall–Kier alpha value is -3.16. The third kappa shape index (κ3) is 4.16. The zero-order chi connectivity index (χ0) is 20.4. The second-order valence-electron chi connectivity index (χ2n) is 6.41. The first-order chi connectivity index (χ1) is 13.9. The monoisotopic (exact) mass is 424 g/mol. The van der Waals surface area contributed by atoms with Crippen molar-refractivity contribution in [2.45, 2.75) is 11.8 Å². The van der Waals surface area contributed by atoms with Gasteiger partial charge >= 0.3 is 0 Å². The number of halogens is 1. The molecule has 8 heteroatoms. The molecule has 146 valence electrons. The highest BCUT2D eigenvalue weighted by atomic mass is 35.5. The Morgan fingerprint density at radius 2 is 1.45 bits per heavy atom. The lowest BCUT2D eigenvalue weighted by Crippen LogP contribution is -2.16. The number of nitrogens with zero attached hydrogens (tertiary/aromatic N) is 2. The van der Waals surface area contributed by atoms with Gasteiger partial charge in [0.25, 0.3) is 10.0 Å². The van der Waals surface area contributed by atoms with Crippen LogP contribution in [0.2, 0.25) is 5.02 Å². The van der Waals surface area contributed by atoms with Crippen LogP contribution in [0.15, 0.2) is 77.7 Å². The molecule has 0 spiro atoms. The second-order valence-corrected chi connectivity index (χ2v) is 8.53. The van der Waals surface area contributed by atoms with Crippen LogP contribution < -0.4 is 10.0 Å². The van der Waals surface area contributed by atoms with Crippen molar-refractivity contribution < 1.29 is 8.42 Å². The van der Waals surface area contributed by atoms with Crippen LogP contribution in [0.25, 0.3) is 11.0 Å². The molecule has 0 atom stereocenters. The Morgan fingerprint density at radius 3 is 2.10 bits per heavy atom. The molecule has 2 N–H and O–H groups in total. The minimum absolute atomic E-state index is 0.113. The van der Waals surface area contributed by atoms with E-state index in [0.29, 0.717) is 21.9 Å². The van der Waals surface area contributed by atoms with Crippen LogP contribution in [0.3, 0.4) is 0 Å². The van der Waals surface area contributed by atoms with Crippen molar-refractivity contribution in [2.24, 2.45) is 0 Å². The fraction of sp³-hybridized carbons (Fsp3) is 0.0476. The molecule has 0 amide bonds. The summed E-state index contributed by atoms with van der Waals surface area (Å²) >= 11 is 6.04. The number of fused-ring (bicyclic) bond motifs is 1. The fourth-order valence-electron chi connectivity index (χ4n) is 2.84. The standard InChI is InChI=1S/C21H17ClN4O2S/c1-14-13-15(22)11-12-17(14)23-20-21(25-19-10-6-5-9-18(19)24-20)26-29(27,28)16-7-3-2-4-8-16/h2-13H,1H3,(H,23,24)(H,25,26). The molecule has 1 heterocycles. The topological polar surface area (TPSA) is 84.0 Å². The van der Waals surface area contributed by atoms with E-state index in [1.807, 2.05) is 37.3 Å². The number of hydrogen-bond donors (Lipinski definition) is 2. The summed E-state index contributed by atoms with van der Waals surface area (Å²) in [7, 11) is -3.83. The third-order valence-corrected chi connectivity index (χ3v) is 5.89. The average molecular weight is 425 g/mol. The molecule has 0 aliphatic carbocycles. The van der Waals surface area contributed by atoms with Gasteiger partial charge in [-0.25, -0.2) is 18.4 Å². The Bertz CT molecular complexity index is 1290. The van der Waals surface area contributed by atoms with E-state index in [2.05, 4.69) is 20.0 Å². The Morgan fingerprint density at radius 1 is 0.828 bits per heavy atom. The van der Waals surface area contributed by atoms with E-state index in [9.17, 15) is 8.42 Å². The van der Waals surface area contributed by atoms with Crippen molar-refractivity contribution in [3.8, 4) is 0 Å². The second kappa shape index (κ2) is 7.69. The number of aryl methyl sites for hydroxylation is 1. The average Bonchev–Trinajstić information content (AvgIpc) is 2.71. The lowest BCUT2D eigenvalue weighted by molar-refractivity contribution is 0.601. The number of anilines is 3. The van der Waals surface area contributed by atoms with Crippen LogP contribution in [0.5, 0.6) is 0 Å². The van der Waals surface area contributed by atoms with E-state index in [4.69, 9.17) is 11.6 Å². The molecule has 0 radical (unpaired) electrons. The molecular formula is C21H17ClN4O2S. The number of nitrogens with one attached hydrogen (secondary N) is 2. The van der Waals surface area contributed by atoms with Gasteiger partial charge < -0.3 is 5.32 Å². The predicted molar refractivity (Wildman–Crippen MR) is 116 cm³/mol. The van der Waals surface area contributed by atoms with Gasteiger partial charge in [-0.3, -0.25) is 4.72 Å². The summed E-state index contributed by atoms with van der Waals surface area (Å²) in [5.41, 5.74) is 2.87. The first kappa shape index (κ1) is 19.2. The van der Waals surface area contributed by atoms with E-state index < -0.39 is 10.0 Å². The minimum Gasteiger partial charge on any atom is -0.337 e. The summed E-state index contributed by atoms with van der Waals surface area (Å²) in [6, 6.07) is 20.8. The van der Waals surface area contributed by atoms with E-state index in [-0.39, 0.29) is 10.7 Å². The number of hydrogen-bond acceptors (Lipinski definition) is 5. The Labute approximate surface area is 173 Å². The number of sulfonamides is 1. The van der Waals surface area contributed by atoms with E-state index >= 15 is 0 Å². The van der Waals surface area contributed by atoms with Crippen molar-refractivity contribution in [3.05, 3.63) is 83.4 Å². The number of para-hydroxylation sites is 2. The van der Waals surface area contributed by atoms with Crippen LogP contribution in [-0.4, -0.2) is 18.4 Å². The highest BCUT2D eigenvalue weighted by Crippen LogP contribution is 2.29. The van der Waals surface area contributed by atoms with Gasteiger partial charge in [-0.05, 0) is 55.0 Å². The summed E-state index contributed by atoms with van der Waals surface area (Å²) in [6.45, 7) is 1.90. The summed E-state index contributed by atoms with van der Waals surface area (Å²) in [4.78, 5) is 9.21. The molecule has 4 rings (SSSR count). The maximum Gasteiger partial charge on any atom is 0.263 e. The molecule has 0 aliphatic heterocycles. The first-order valence-corrected chi connectivity index (χ1v) is 10.7. The molecule has 4 aromatic rings. The SMILES string of the molecule is Cc1cc(Cl)ccc1Nc1nc2ccccc2nc1NS(=O)(=O)c1ccccc1. The molecular weight excluding hydrogens is 408 g/mol. The summed E-state index contributed by atoms with van der Waals surface area (Å²) in [5, 5.41) is 3.79. The highest BCUT2D eigenvalue weighted by molar-refractivity contribution is 7.92. The van der Waals surface area contributed by atoms with Gasteiger partial charge in [0.2, 0.25) is 0 Å². The quantitative estimate of drug-likeness (QED) is 0.463. The van der Waals surface area contributed by atoms with E-state index in [1.165, 1.54) is 12.1 Å². The largest absolute Gasteiger partial charge is 0.337 e. The molecule has 0 saturated heterocycles. The first-order valence-electron chi connectivity index (χ1n) is 8.80. The minimum atomic E-state index is -3.83. The van der Waals surface area contributed by atoms with Crippen molar-refractivity contribution in [2.75, 3.05) is 10.0 Å². The van der Waals surface area contributed by atoms with Crippen molar-refractivity contribution in [1.82, 2.24) is 9.97 Å². The van der Waals surface area contributed by atoms with Crippen LogP contribution in [0, 0.1) is 6.92 Å². The van der Waals surface area contributed by atoms with E-state index in [0.717, 1.165) is 11.3 Å². The van der Waals surface area contributed by atoms with Crippen molar-refractivity contribution in [3.63, 3.8) is 0 Å². The lowest BCUT2D eigenvalue weighted by Gasteiger charge is -2.15. The number of benzene rings is 3. The normalized spacial score (nSPS) is 11.4. The number of rotatable bonds is 5. The molecule has 6 nitrogen and oxygen atoms in total. The Balaban J connectivity index is 1.80. The smallest absolute Gasteiger partial charge is 0.263 e. The highest BCUT2D eigenvalue weighted by Gasteiger charge is 2.19. The summed E-state index contributed by atoms with van der Waals surface area (Å²) in [5.74, 6) is 0.413. The van der Waals surface area contributed by atoms with Crippen molar-refractivity contribution >= 4 is 50.0 Å². The van der Waals surface area contributed by atoms with Gasteiger partial charge in [0.15, 0.2) is 11.6 Å².